The normalized spacial score (nSPS) is 11.6. The number of nitrogens with zero attached hydrogens (tertiary/aromatic N) is 1. The Morgan fingerprint density at radius 1 is 1.10 bits per heavy atom. The van der Waals surface area contributed by atoms with Gasteiger partial charge in [-0.25, -0.2) is 9.78 Å². The highest BCUT2D eigenvalue weighted by Gasteiger charge is 2.22. The van der Waals surface area contributed by atoms with Crippen LogP contribution in [0.5, 0.6) is 0 Å². The Labute approximate surface area is 192 Å². The van der Waals surface area contributed by atoms with E-state index in [1.807, 2.05) is 30.3 Å². The number of halogens is 3. The molecule has 0 spiro atoms. The average molecular weight is 485 g/mol. The van der Waals surface area contributed by atoms with Gasteiger partial charge in [0.1, 0.15) is 0 Å². The molecule has 1 amide bonds. The molecular formula is C20H16Cl3N3O3S. The zero-order chi connectivity index (χ0) is 21.7. The third kappa shape index (κ3) is 5.86. The zero-order valence-electron chi connectivity index (χ0n) is 15.6. The van der Waals surface area contributed by atoms with Gasteiger partial charge in [-0.1, -0.05) is 65.1 Å². The van der Waals surface area contributed by atoms with Crippen LogP contribution in [0.25, 0.3) is 0 Å². The average Bonchev–Trinajstić information content (AvgIpc) is 3.20. The molecule has 3 aromatic rings. The van der Waals surface area contributed by atoms with Gasteiger partial charge in [-0.05, 0) is 24.6 Å². The molecule has 0 radical (unpaired) electrons. The highest BCUT2D eigenvalue weighted by molar-refractivity contribution is 7.13. The lowest BCUT2D eigenvalue weighted by molar-refractivity contribution is -0.123. The van der Waals surface area contributed by atoms with Crippen LogP contribution in [0.2, 0.25) is 15.1 Å². The predicted octanol–water partition coefficient (Wildman–Crippen LogP) is 5.90. The third-order valence-corrected chi connectivity index (χ3v) is 5.76. The van der Waals surface area contributed by atoms with Crippen molar-refractivity contribution in [3.63, 3.8) is 0 Å². The Morgan fingerprint density at radius 2 is 1.80 bits per heavy atom. The number of carbonyl (C=O) groups excluding carboxylic acids is 2. The van der Waals surface area contributed by atoms with E-state index in [2.05, 4.69) is 15.6 Å². The monoisotopic (exact) mass is 483 g/mol. The summed E-state index contributed by atoms with van der Waals surface area (Å²) in [5.74, 6) is -1.27. The van der Waals surface area contributed by atoms with E-state index >= 15 is 0 Å². The van der Waals surface area contributed by atoms with E-state index < -0.39 is 18.0 Å². The minimum Gasteiger partial charge on any atom is -0.448 e. The number of hydrogen-bond acceptors (Lipinski definition) is 6. The maximum atomic E-state index is 12.3. The first-order valence-electron chi connectivity index (χ1n) is 8.73. The molecule has 156 valence electrons. The smallest absolute Gasteiger partial charge is 0.358 e. The maximum Gasteiger partial charge on any atom is 0.358 e. The van der Waals surface area contributed by atoms with E-state index in [4.69, 9.17) is 39.5 Å². The van der Waals surface area contributed by atoms with Crippen molar-refractivity contribution < 1.29 is 14.3 Å². The Bertz CT molecular complexity index is 1060. The summed E-state index contributed by atoms with van der Waals surface area (Å²) in [7, 11) is 0. The Hall–Kier alpha value is -2.32. The predicted molar refractivity (Wildman–Crippen MR) is 121 cm³/mol. The molecule has 6 nitrogen and oxygen atoms in total. The van der Waals surface area contributed by atoms with E-state index in [-0.39, 0.29) is 26.4 Å². The van der Waals surface area contributed by atoms with Crippen molar-refractivity contribution >= 4 is 68.8 Å². The van der Waals surface area contributed by atoms with Gasteiger partial charge in [-0.2, -0.15) is 0 Å². The van der Waals surface area contributed by atoms with E-state index in [9.17, 15) is 9.59 Å². The van der Waals surface area contributed by atoms with Crippen molar-refractivity contribution in [1.82, 2.24) is 4.98 Å². The van der Waals surface area contributed by atoms with Crippen LogP contribution in [-0.4, -0.2) is 23.0 Å². The number of benzene rings is 2. The van der Waals surface area contributed by atoms with Gasteiger partial charge >= 0.3 is 5.97 Å². The van der Waals surface area contributed by atoms with Crippen LogP contribution in [0, 0.1) is 0 Å². The van der Waals surface area contributed by atoms with Gasteiger partial charge in [0.05, 0.1) is 20.8 Å². The van der Waals surface area contributed by atoms with Gasteiger partial charge in [-0.15, -0.1) is 11.3 Å². The Balaban J connectivity index is 1.55. The van der Waals surface area contributed by atoms with Crippen molar-refractivity contribution in [2.24, 2.45) is 0 Å². The van der Waals surface area contributed by atoms with E-state index in [1.54, 1.807) is 5.38 Å². The molecule has 2 aromatic carbocycles. The molecule has 0 aliphatic heterocycles. The minimum absolute atomic E-state index is 0.114. The maximum absolute atomic E-state index is 12.3. The second kappa shape index (κ2) is 10.1. The molecule has 0 saturated carbocycles. The summed E-state index contributed by atoms with van der Waals surface area (Å²) in [6.07, 6.45) is -1.08. The Kier molecular flexibility index (Phi) is 7.55. The van der Waals surface area contributed by atoms with Crippen molar-refractivity contribution in [1.29, 1.82) is 0 Å². The highest BCUT2D eigenvalue weighted by Crippen LogP contribution is 2.32. The van der Waals surface area contributed by atoms with Crippen molar-refractivity contribution in [3.05, 3.63) is 74.2 Å². The number of aromatic nitrogens is 1. The van der Waals surface area contributed by atoms with E-state index in [0.29, 0.717) is 11.7 Å². The number of ether oxygens (including phenoxy) is 1. The van der Waals surface area contributed by atoms with Crippen LogP contribution < -0.4 is 10.6 Å². The number of nitrogens with one attached hydrogen (secondary N) is 2. The molecule has 0 bridgehead atoms. The summed E-state index contributed by atoms with van der Waals surface area (Å²) in [5.41, 5.74) is 1.46. The highest BCUT2D eigenvalue weighted by atomic mass is 35.5. The molecule has 1 atom stereocenters. The standard InChI is InChI=1S/C20H16Cl3N3O3S/c1-11(18(27)25-16-8-14(22)13(21)7-15(16)23)29-19(28)17-10-30-20(26-17)24-9-12-5-3-2-4-6-12/h2-8,10-11H,9H2,1H3,(H,24,26)(H,25,27). The number of thiazole rings is 1. The molecule has 1 unspecified atom stereocenters. The molecule has 1 aromatic heterocycles. The van der Waals surface area contributed by atoms with Crippen molar-refractivity contribution in [2.75, 3.05) is 10.6 Å². The number of rotatable bonds is 7. The third-order valence-electron chi connectivity index (χ3n) is 3.92. The van der Waals surface area contributed by atoms with Crippen LogP contribution in [0.15, 0.2) is 47.8 Å². The van der Waals surface area contributed by atoms with Gasteiger partial charge in [0, 0.05) is 11.9 Å². The van der Waals surface area contributed by atoms with Crippen LogP contribution in [0.1, 0.15) is 23.0 Å². The summed E-state index contributed by atoms with van der Waals surface area (Å²) in [6, 6.07) is 12.6. The first kappa shape index (κ1) is 22.4. The number of hydrogen-bond donors (Lipinski definition) is 2. The SMILES string of the molecule is CC(OC(=O)c1csc(NCc2ccccc2)n1)C(=O)Nc1cc(Cl)c(Cl)cc1Cl. The second-order valence-electron chi connectivity index (χ2n) is 6.16. The molecule has 1 heterocycles. The zero-order valence-corrected chi connectivity index (χ0v) is 18.7. The summed E-state index contributed by atoms with van der Waals surface area (Å²) < 4.78 is 5.20. The molecule has 30 heavy (non-hydrogen) atoms. The van der Waals surface area contributed by atoms with Crippen LogP contribution >= 0.6 is 46.1 Å². The lowest BCUT2D eigenvalue weighted by Gasteiger charge is -2.14. The fraction of sp³-hybridized carbons (Fsp3) is 0.150. The Morgan fingerprint density at radius 3 is 2.53 bits per heavy atom. The van der Waals surface area contributed by atoms with Crippen molar-refractivity contribution in [3.8, 4) is 0 Å². The lowest BCUT2D eigenvalue weighted by Crippen LogP contribution is -2.30. The van der Waals surface area contributed by atoms with Gasteiger partial charge in [0.25, 0.3) is 5.91 Å². The van der Waals surface area contributed by atoms with Gasteiger partial charge < -0.3 is 15.4 Å². The molecule has 0 fully saturated rings. The first-order valence-corrected chi connectivity index (χ1v) is 10.7. The van der Waals surface area contributed by atoms with Gasteiger partial charge in [-0.3, -0.25) is 4.79 Å². The van der Waals surface area contributed by atoms with Gasteiger partial charge in [0.15, 0.2) is 16.9 Å². The van der Waals surface area contributed by atoms with Crippen LogP contribution in [-0.2, 0) is 16.1 Å². The fourth-order valence-electron chi connectivity index (χ4n) is 2.35. The molecule has 0 aliphatic rings. The topological polar surface area (TPSA) is 80.3 Å². The minimum atomic E-state index is -1.08. The summed E-state index contributed by atoms with van der Waals surface area (Å²) in [5, 5.41) is 8.55. The quantitative estimate of drug-likeness (QED) is 0.322. The molecule has 0 saturated heterocycles. The van der Waals surface area contributed by atoms with E-state index in [1.165, 1.54) is 30.4 Å². The van der Waals surface area contributed by atoms with Gasteiger partial charge in [0.2, 0.25) is 0 Å². The van der Waals surface area contributed by atoms with Crippen molar-refractivity contribution in [2.45, 2.75) is 19.6 Å². The number of anilines is 2. The first-order chi connectivity index (χ1) is 14.3. The molecule has 10 heteroatoms. The summed E-state index contributed by atoms with van der Waals surface area (Å²) in [6.45, 7) is 2.02. The lowest BCUT2D eigenvalue weighted by atomic mass is 10.2. The molecule has 0 aliphatic carbocycles. The van der Waals surface area contributed by atoms with Crippen LogP contribution in [0.3, 0.4) is 0 Å². The number of esters is 1. The number of amides is 1. The summed E-state index contributed by atoms with van der Waals surface area (Å²) >= 11 is 19.1. The molecular weight excluding hydrogens is 469 g/mol. The molecule has 2 N–H and O–H groups in total. The van der Waals surface area contributed by atoms with Crippen LogP contribution in [0.4, 0.5) is 10.8 Å². The van der Waals surface area contributed by atoms with E-state index in [0.717, 1.165) is 5.56 Å². The molecule has 3 rings (SSSR count). The largest absolute Gasteiger partial charge is 0.448 e. The fourth-order valence-corrected chi connectivity index (χ4v) is 3.62. The second-order valence-corrected chi connectivity index (χ2v) is 8.24. The number of carbonyl (C=O) groups is 2. The summed E-state index contributed by atoms with van der Waals surface area (Å²) in [4.78, 5) is 28.9.